The average molecular weight is 854 g/mol. The van der Waals surface area contributed by atoms with Gasteiger partial charge in [0.15, 0.2) is 0 Å². The third kappa shape index (κ3) is 11.0. The Bertz CT molecular complexity index is 2170. The summed E-state index contributed by atoms with van der Waals surface area (Å²) in [5.74, 6) is -1.54. The van der Waals surface area contributed by atoms with Crippen LogP contribution in [0.25, 0.3) is 21.6 Å². The number of primary amides is 1. The number of amides is 4. The van der Waals surface area contributed by atoms with Crippen LogP contribution in [0, 0.1) is 11.8 Å². The van der Waals surface area contributed by atoms with Gasteiger partial charge in [-0.25, -0.2) is 18.2 Å². The lowest BCUT2D eigenvalue weighted by atomic mass is 10.0. The number of allylic oxidation sites excluding steroid dienone is 2. The molecule has 322 valence electrons. The molecule has 3 aliphatic rings. The van der Waals surface area contributed by atoms with Crippen molar-refractivity contribution in [3.05, 3.63) is 41.4 Å². The predicted molar refractivity (Wildman–Crippen MR) is 226 cm³/mol. The Labute approximate surface area is 350 Å². The number of fused-ring (bicyclic) bond motifs is 1. The van der Waals surface area contributed by atoms with E-state index >= 15 is 0 Å². The van der Waals surface area contributed by atoms with Crippen molar-refractivity contribution >= 4 is 56.2 Å². The van der Waals surface area contributed by atoms with Gasteiger partial charge in [-0.3, -0.25) is 23.7 Å². The highest BCUT2D eigenvalue weighted by atomic mass is 32.2. The summed E-state index contributed by atoms with van der Waals surface area (Å²) in [5.41, 5.74) is 8.63. The minimum Gasteiger partial charge on any atom is -0.459 e. The first-order chi connectivity index (χ1) is 27.8. The number of nitrogens with one attached hydrogen (secondary N) is 2. The molecule has 6 rings (SSSR count). The molecular weight excluding hydrogens is 795 g/mol. The zero-order valence-corrected chi connectivity index (χ0v) is 36.7. The lowest BCUT2D eigenvalue weighted by molar-refractivity contribution is -0.139. The minimum atomic E-state index is -3.55. The van der Waals surface area contributed by atoms with Crippen LogP contribution in [0.5, 0.6) is 6.01 Å². The quantitative estimate of drug-likeness (QED) is 0.0957. The molecule has 1 aliphatic heterocycles. The van der Waals surface area contributed by atoms with Crippen molar-refractivity contribution in [1.82, 2.24) is 29.5 Å². The second kappa shape index (κ2) is 18.0. The molecule has 17 heteroatoms. The highest BCUT2D eigenvalue weighted by Gasteiger charge is 2.45. The number of carbonyl (C=O) groups excluding carboxylic acids is 4. The van der Waals surface area contributed by atoms with Crippen LogP contribution >= 0.6 is 11.3 Å². The lowest BCUT2D eigenvalue weighted by Gasteiger charge is -2.28. The maximum Gasteiger partial charge on any atom is 0.408 e. The van der Waals surface area contributed by atoms with E-state index in [2.05, 4.69) is 29.3 Å². The zero-order valence-electron chi connectivity index (χ0n) is 35.1. The maximum absolute atomic E-state index is 14.3. The number of thiazole rings is 1. The van der Waals surface area contributed by atoms with Gasteiger partial charge in [0, 0.05) is 29.3 Å². The number of hydrogen-bond acceptors (Lipinski definition) is 11. The minimum absolute atomic E-state index is 0.0217. The van der Waals surface area contributed by atoms with E-state index in [0.717, 1.165) is 46.6 Å². The summed E-state index contributed by atoms with van der Waals surface area (Å²) in [6, 6.07) is 4.38. The number of benzene rings is 1. The molecule has 2 saturated carbocycles. The Kier molecular flexibility index (Phi) is 13.4. The smallest absolute Gasteiger partial charge is 0.408 e. The fraction of sp³-hybridized carbons (Fsp3) is 0.619. The van der Waals surface area contributed by atoms with Gasteiger partial charge in [0.1, 0.15) is 34.3 Å². The fourth-order valence-corrected chi connectivity index (χ4v) is 9.81. The Morgan fingerprint density at radius 1 is 1.05 bits per heavy atom. The van der Waals surface area contributed by atoms with E-state index in [1.165, 1.54) is 4.90 Å². The molecule has 3 fully saturated rings. The number of likely N-dealkylation sites (tertiary alicyclic amines) is 1. The van der Waals surface area contributed by atoms with E-state index in [0.29, 0.717) is 38.1 Å². The van der Waals surface area contributed by atoms with E-state index < -0.39 is 62.9 Å². The first-order valence-corrected chi connectivity index (χ1v) is 23.2. The summed E-state index contributed by atoms with van der Waals surface area (Å²) in [4.78, 5) is 63.7. The van der Waals surface area contributed by atoms with Crippen molar-refractivity contribution in [2.75, 3.05) is 6.54 Å². The van der Waals surface area contributed by atoms with Crippen molar-refractivity contribution in [3.63, 3.8) is 0 Å². The molecule has 1 aromatic carbocycles. The standard InChI is InChI=1S/C42H59N7O8S2/c1-24(2)32-23-58-38(44-32)29-15-13-17-33-35(29)46-40(49(33)25(3)4)56-27-21-34(36(43)50)48(22-27)39(52)31(45-41(53)57-42(5,6)7)16-12-10-8-9-11-14-26-20-30(26)37(51)47-59(54,55)28-18-19-28/h11,13-15,17,23-28,30-31,34H,8-10,12,16,18-22H2,1-7H3,(H2,43,50)(H,45,53)(H,47,51)/b14-11-/t26-,27?,30+,31+,34+/m1/s1. The summed E-state index contributed by atoms with van der Waals surface area (Å²) < 4.78 is 40.5. The Hall–Kier alpha value is -4.51. The van der Waals surface area contributed by atoms with Crippen LogP contribution in [-0.2, 0) is 29.1 Å². The Morgan fingerprint density at radius 2 is 1.80 bits per heavy atom. The molecule has 2 aromatic heterocycles. The monoisotopic (exact) mass is 853 g/mol. The van der Waals surface area contributed by atoms with Crippen LogP contribution < -0.4 is 20.5 Å². The third-order valence-electron chi connectivity index (χ3n) is 10.8. The third-order valence-corrected chi connectivity index (χ3v) is 13.5. The summed E-state index contributed by atoms with van der Waals surface area (Å²) in [7, 11) is -3.55. The van der Waals surface area contributed by atoms with Crippen molar-refractivity contribution in [1.29, 1.82) is 0 Å². The van der Waals surface area contributed by atoms with Crippen LogP contribution in [-0.4, -0.2) is 87.3 Å². The second-order valence-corrected chi connectivity index (χ2v) is 20.4. The summed E-state index contributed by atoms with van der Waals surface area (Å²) in [6.45, 7) is 13.6. The van der Waals surface area contributed by atoms with Gasteiger partial charge in [0.25, 0.3) is 6.01 Å². The Balaban J connectivity index is 1.09. The molecule has 1 saturated heterocycles. The number of sulfonamides is 1. The SMILES string of the molecule is CC(C)c1csc(-c2cccc3c2nc(OC2C[C@@H](C(N)=O)N(C(=O)[C@H](CCCCC/C=C\[C@@H]4C[C@@H]4C(=O)NS(=O)(=O)C4CC4)NC(=O)OC(C)(C)C)C2)n3C(C)C)n1. The topological polar surface area (TPSA) is 205 Å². The average Bonchev–Trinajstić information content (AvgIpc) is 4.01. The molecule has 0 radical (unpaired) electrons. The second-order valence-electron chi connectivity index (χ2n) is 17.6. The number of imidazole rings is 1. The van der Waals surface area contributed by atoms with Gasteiger partial charge in [-0.2, -0.15) is 4.98 Å². The summed E-state index contributed by atoms with van der Waals surface area (Å²) >= 11 is 1.57. The molecule has 1 unspecified atom stereocenters. The first-order valence-electron chi connectivity index (χ1n) is 20.8. The van der Waals surface area contributed by atoms with Crippen LogP contribution in [0.3, 0.4) is 0 Å². The maximum atomic E-state index is 14.3. The normalized spacial score (nSPS) is 21.3. The van der Waals surface area contributed by atoms with Crippen LogP contribution in [0.1, 0.15) is 124 Å². The fourth-order valence-electron chi connectivity index (χ4n) is 7.44. The number of hydrogen-bond donors (Lipinski definition) is 3. The van der Waals surface area contributed by atoms with E-state index in [4.69, 9.17) is 25.2 Å². The van der Waals surface area contributed by atoms with Crippen LogP contribution in [0.4, 0.5) is 4.79 Å². The molecule has 0 spiro atoms. The highest BCUT2D eigenvalue weighted by Crippen LogP contribution is 2.41. The predicted octanol–water partition coefficient (Wildman–Crippen LogP) is 6.34. The molecular formula is C42H59N7O8S2. The number of carbonyl (C=O) groups is 4. The van der Waals surface area contributed by atoms with Gasteiger partial charge in [-0.05, 0) is 97.1 Å². The van der Waals surface area contributed by atoms with Gasteiger partial charge in [-0.1, -0.05) is 44.9 Å². The number of nitrogens with two attached hydrogens (primary N) is 1. The van der Waals surface area contributed by atoms with Crippen LogP contribution in [0.15, 0.2) is 35.7 Å². The molecule has 2 aliphatic carbocycles. The number of aromatic nitrogens is 3. The molecule has 3 heterocycles. The summed E-state index contributed by atoms with van der Waals surface area (Å²) in [5, 5.41) is 5.25. The summed E-state index contributed by atoms with van der Waals surface area (Å²) in [6.07, 6.45) is 7.81. The van der Waals surface area contributed by atoms with Gasteiger partial charge in [-0.15, -0.1) is 11.3 Å². The van der Waals surface area contributed by atoms with E-state index in [9.17, 15) is 27.6 Å². The van der Waals surface area contributed by atoms with Crippen molar-refractivity contribution in [2.24, 2.45) is 17.6 Å². The van der Waals surface area contributed by atoms with Gasteiger partial charge in [0.05, 0.1) is 23.0 Å². The van der Waals surface area contributed by atoms with Crippen molar-refractivity contribution in [2.45, 2.75) is 147 Å². The molecule has 4 amide bonds. The molecule has 3 aromatic rings. The van der Waals surface area contributed by atoms with Crippen molar-refractivity contribution in [3.8, 4) is 16.6 Å². The highest BCUT2D eigenvalue weighted by molar-refractivity contribution is 7.90. The molecule has 0 bridgehead atoms. The number of alkyl carbamates (subject to hydrolysis) is 1. The van der Waals surface area contributed by atoms with Gasteiger partial charge in [0.2, 0.25) is 27.7 Å². The number of unbranched alkanes of at least 4 members (excludes halogenated alkanes) is 3. The lowest BCUT2D eigenvalue weighted by Crippen LogP contribution is -2.53. The van der Waals surface area contributed by atoms with E-state index in [1.807, 2.05) is 48.8 Å². The number of nitrogens with zero attached hydrogens (tertiary/aromatic N) is 4. The largest absolute Gasteiger partial charge is 0.459 e. The van der Waals surface area contributed by atoms with Crippen molar-refractivity contribution < 1.29 is 37.1 Å². The number of rotatable bonds is 18. The number of para-hydroxylation sites is 1. The van der Waals surface area contributed by atoms with Crippen LogP contribution in [0.2, 0.25) is 0 Å². The van der Waals surface area contributed by atoms with E-state index in [1.54, 1.807) is 32.1 Å². The Morgan fingerprint density at radius 3 is 2.44 bits per heavy atom. The number of ether oxygens (including phenoxy) is 2. The molecule has 5 atom stereocenters. The van der Waals surface area contributed by atoms with Gasteiger partial charge >= 0.3 is 6.09 Å². The van der Waals surface area contributed by atoms with Gasteiger partial charge < -0.3 is 25.4 Å². The zero-order chi connectivity index (χ0) is 42.8. The molecule has 4 N–H and O–H groups in total. The van der Waals surface area contributed by atoms with E-state index in [-0.39, 0.29) is 36.8 Å². The molecule has 59 heavy (non-hydrogen) atoms. The molecule has 15 nitrogen and oxygen atoms in total. The first kappa shape index (κ1) is 44.1.